The largest absolute Gasteiger partial charge is 0.355 e. The van der Waals surface area contributed by atoms with E-state index in [1.165, 1.54) is 18.4 Å². The first-order chi connectivity index (χ1) is 11.1. The Labute approximate surface area is 164 Å². The van der Waals surface area contributed by atoms with Crippen molar-refractivity contribution in [2.45, 2.75) is 44.7 Å². The lowest BCUT2D eigenvalue weighted by Gasteiger charge is -2.26. The van der Waals surface area contributed by atoms with Gasteiger partial charge in [-0.3, -0.25) is 4.99 Å². The van der Waals surface area contributed by atoms with E-state index in [2.05, 4.69) is 71.9 Å². The minimum absolute atomic E-state index is 0. The number of halogens is 1. The highest BCUT2D eigenvalue weighted by molar-refractivity contribution is 14.0. The molecule has 1 aliphatic carbocycles. The van der Waals surface area contributed by atoms with Crippen LogP contribution in [0.4, 0.5) is 0 Å². The first-order valence-corrected chi connectivity index (χ1v) is 8.77. The van der Waals surface area contributed by atoms with E-state index in [4.69, 9.17) is 0 Å². The van der Waals surface area contributed by atoms with Gasteiger partial charge in [-0.25, -0.2) is 0 Å². The number of aliphatic imine (C=N–C) groups is 1. The van der Waals surface area contributed by atoms with Gasteiger partial charge in [-0.05, 0) is 58.2 Å². The third kappa shape index (κ3) is 7.38. The maximum atomic E-state index is 4.37. The zero-order valence-electron chi connectivity index (χ0n) is 15.5. The summed E-state index contributed by atoms with van der Waals surface area (Å²) in [6.45, 7) is 3.18. The van der Waals surface area contributed by atoms with Crippen LogP contribution in [0.25, 0.3) is 0 Å². The number of rotatable bonds is 8. The van der Waals surface area contributed by atoms with Crippen LogP contribution in [0.5, 0.6) is 0 Å². The van der Waals surface area contributed by atoms with Gasteiger partial charge in [-0.1, -0.05) is 30.3 Å². The highest BCUT2D eigenvalue weighted by atomic mass is 127. The second-order valence-electron chi connectivity index (χ2n) is 6.89. The van der Waals surface area contributed by atoms with Crippen molar-refractivity contribution in [3.63, 3.8) is 0 Å². The lowest BCUT2D eigenvalue weighted by molar-refractivity contribution is 0.263. The van der Waals surface area contributed by atoms with E-state index in [9.17, 15) is 0 Å². The Hall–Kier alpha value is -0.820. The fraction of sp³-hybridized carbons (Fsp3) is 0.632. The van der Waals surface area contributed by atoms with E-state index >= 15 is 0 Å². The topological polar surface area (TPSA) is 39.7 Å². The van der Waals surface area contributed by atoms with E-state index in [0.717, 1.165) is 31.3 Å². The van der Waals surface area contributed by atoms with Crippen molar-refractivity contribution < 1.29 is 0 Å². The number of benzene rings is 1. The Balaban J connectivity index is 0.00000288. The molecule has 0 saturated heterocycles. The number of likely N-dealkylation sites (N-methyl/N-ethyl adjacent to an activating group) is 1. The van der Waals surface area contributed by atoms with Gasteiger partial charge in [0.15, 0.2) is 5.96 Å². The lowest BCUT2D eigenvalue weighted by Crippen LogP contribution is -2.48. The summed E-state index contributed by atoms with van der Waals surface area (Å²) in [5, 5.41) is 7.01. The van der Waals surface area contributed by atoms with E-state index in [-0.39, 0.29) is 24.0 Å². The standard InChI is InChI=1S/C19H32N4.HI/c1-15(10-11-16-8-6-5-7-9-16)22-19(20-2)21-14-18(23(3)4)17-12-13-17;/h5-9,15,17-18H,10-14H2,1-4H3,(H2,20,21,22);1H. The average Bonchev–Trinajstić information content (AvgIpc) is 3.37. The monoisotopic (exact) mass is 444 g/mol. The number of hydrogen-bond acceptors (Lipinski definition) is 2. The molecule has 24 heavy (non-hydrogen) atoms. The second-order valence-corrected chi connectivity index (χ2v) is 6.89. The van der Waals surface area contributed by atoms with E-state index < -0.39 is 0 Å². The molecule has 0 aromatic heterocycles. The molecule has 5 heteroatoms. The molecule has 0 aliphatic heterocycles. The lowest BCUT2D eigenvalue weighted by atomic mass is 10.1. The molecule has 1 fully saturated rings. The first-order valence-electron chi connectivity index (χ1n) is 8.77. The molecule has 0 heterocycles. The van der Waals surface area contributed by atoms with Crippen LogP contribution in [0.1, 0.15) is 31.7 Å². The average molecular weight is 444 g/mol. The van der Waals surface area contributed by atoms with Crippen molar-refractivity contribution in [3.8, 4) is 0 Å². The molecule has 0 radical (unpaired) electrons. The van der Waals surface area contributed by atoms with Gasteiger partial charge in [0.1, 0.15) is 0 Å². The van der Waals surface area contributed by atoms with Crippen LogP contribution in [-0.4, -0.2) is 50.6 Å². The Morgan fingerprint density at radius 3 is 2.46 bits per heavy atom. The number of aryl methyl sites for hydroxylation is 1. The molecule has 1 aromatic carbocycles. The smallest absolute Gasteiger partial charge is 0.191 e. The van der Waals surface area contributed by atoms with Crippen molar-refractivity contribution in [3.05, 3.63) is 35.9 Å². The Kier molecular flexibility index (Phi) is 9.66. The summed E-state index contributed by atoms with van der Waals surface area (Å²) in [7, 11) is 6.19. The summed E-state index contributed by atoms with van der Waals surface area (Å²) in [6.07, 6.45) is 4.92. The van der Waals surface area contributed by atoms with Gasteiger partial charge in [-0.15, -0.1) is 24.0 Å². The van der Waals surface area contributed by atoms with Crippen LogP contribution in [0.3, 0.4) is 0 Å². The Morgan fingerprint density at radius 1 is 1.25 bits per heavy atom. The van der Waals surface area contributed by atoms with Crippen LogP contribution in [-0.2, 0) is 6.42 Å². The van der Waals surface area contributed by atoms with Crippen molar-refractivity contribution in [1.29, 1.82) is 0 Å². The molecule has 136 valence electrons. The molecular formula is C19H33IN4. The highest BCUT2D eigenvalue weighted by Gasteiger charge is 2.32. The minimum atomic E-state index is 0. The summed E-state index contributed by atoms with van der Waals surface area (Å²) in [4.78, 5) is 6.70. The molecule has 1 aliphatic rings. The van der Waals surface area contributed by atoms with Gasteiger partial charge in [0.2, 0.25) is 0 Å². The zero-order chi connectivity index (χ0) is 16.7. The van der Waals surface area contributed by atoms with Gasteiger partial charge < -0.3 is 15.5 Å². The number of hydrogen-bond donors (Lipinski definition) is 2. The molecule has 0 bridgehead atoms. The van der Waals surface area contributed by atoms with Gasteiger partial charge in [0.05, 0.1) is 0 Å². The third-order valence-corrected chi connectivity index (χ3v) is 4.62. The van der Waals surface area contributed by atoms with Gasteiger partial charge in [0.25, 0.3) is 0 Å². The molecule has 4 nitrogen and oxygen atoms in total. The molecule has 1 aromatic rings. The van der Waals surface area contributed by atoms with Crippen LogP contribution in [0.2, 0.25) is 0 Å². The van der Waals surface area contributed by atoms with Crippen molar-refractivity contribution in [2.24, 2.45) is 10.9 Å². The van der Waals surface area contributed by atoms with E-state index in [1.54, 1.807) is 0 Å². The van der Waals surface area contributed by atoms with Crippen LogP contribution in [0, 0.1) is 5.92 Å². The van der Waals surface area contributed by atoms with E-state index in [1.807, 2.05) is 7.05 Å². The number of guanidine groups is 1. The molecule has 2 unspecified atom stereocenters. The summed E-state index contributed by atoms with van der Waals surface area (Å²) in [6, 6.07) is 11.7. The van der Waals surface area contributed by atoms with Crippen molar-refractivity contribution in [2.75, 3.05) is 27.7 Å². The molecule has 1 saturated carbocycles. The second kappa shape index (κ2) is 10.9. The zero-order valence-corrected chi connectivity index (χ0v) is 17.8. The maximum absolute atomic E-state index is 4.37. The molecular weight excluding hydrogens is 411 g/mol. The fourth-order valence-corrected chi connectivity index (χ4v) is 2.98. The quantitative estimate of drug-likeness (QED) is 0.368. The minimum Gasteiger partial charge on any atom is -0.355 e. The molecule has 2 atom stereocenters. The number of nitrogens with one attached hydrogen (secondary N) is 2. The first kappa shape index (κ1) is 21.2. The third-order valence-electron chi connectivity index (χ3n) is 4.62. The molecule has 0 amide bonds. The normalized spacial score (nSPS) is 17.1. The summed E-state index contributed by atoms with van der Waals surface area (Å²) < 4.78 is 0. The van der Waals surface area contributed by atoms with Crippen molar-refractivity contribution >= 4 is 29.9 Å². The van der Waals surface area contributed by atoms with Crippen LogP contribution >= 0.6 is 24.0 Å². The van der Waals surface area contributed by atoms with Gasteiger partial charge in [0, 0.05) is 25.7 Å². The summed E-state index contributed by atoms with van der Waals surface area (Å²) in [5.41, 5.74) is 1.39. The van der Waals surface area contributed by atoms with Gasteiger partial charge in [-0.2, -0.15) is 0 Å². The fourth-order valence-electron chi connectivity index (χ4n) is 2.98. The van der Waals surface area contributed by atoms with Crippen LogP contribution < -0.4 is 10.6 Å². The Bertz CT molecular complexity index is 483. The SMILES string of the molecule is CN=C(NCC(C1CC1)N(C)C)NC(C)CCc1ccccc1.I. The summed E-state index contributed by atoms with van der Waals surface area (Å²) in [5.74, 6) is 1.77. The van der Waals surface area contributed by atoms with Crippen molar-refractivity contribution in [1.82, 2.24) is 15.5 Å². The summed E-state index contributed by atoms with van der Waals surface area (Å²) >= 11 is 0. The maximum Gasteiger partial charge on any atom is 0.191 e. The van der Waals surface area contributed by atoms with Crippen LogP contribution in [0.15, 0.2) is 35.3 Å². The predicted octanol–water partition coefficient (Wildman–Crippen LogP) is 3.13. The predicted molar refractivity (Wildman–Crippen MR) is 114 cm³/mol. The molecule has 2 rings (SSSR count). The van der Waals surface area contributed by atoms with Gasteiger partial charge >= 0.3 is 0 Å². The van der Waals surface area contributed by atoms with E-state index in [0.29, 0.717) is 12.1 Å². The molecule has 0 spiro atoms. The number of nitrogens with zero attached hydrogens (tertiary/aromatic N) is 2. The highest BCUT2D eigenvalue weighted by Crippen LogP contribution is 2.34. The molecule has 2 N–H and O–H groups in total. The Morgan fingerprint density at radius 2 is 1.92 bits per heavy atom.